The smallest absolute Gasteiger partial charge is 0.228 e. The Hall–Kier alpha value is -3.47. The van der Waals surface area contributed by atoms with Crippen molar-refractivity contribution in [2.24, 2.45) is 0 Å². The molecule has 3 aromatic carbocycles. The summed E-state index contributed by atoms with van der Waals surface area (Å²) < 4.78 is 19.3. The third-order valence-corrected chi connectivity index (χ3v) is 4.02. The third-order valence-electron chi connectivity index (χ3n) is 4.02. The normalized spacial score (nSPS) is 10.8. The Bertz CT molecular complexity index is 1040. The second-order valence-corrected chi connectivity index (χ2v) is 5.88. The molecule has 128 valence electrons. The van der Waals surface area contributed by atoms with E-state index in [2.05, 4.69) is 10.3 Å². The number of amides is 1. The second-order valence-electron chi connectivity index (χ2n) is 5.88. The lowest BCUT2D eigenvalue weighted by Crippen LogP contribution is -2.15. The number of nitrogens with one attached hydrogen (secondary N) is 1. The predicted molar refractivity (Wildman–Crippen MR) is 98.2 cm³/mol. The summed E-state index contributed by atoms with van der Waals surface area (Å²) in [5.41, 5.74) is 3.34. The molecule has 4 aromatic rings. The molecule has 0 atom stereocenters. The maximum absolute atomic E-state index is 13.6. The fourth-order valence-electron chi connectivity index (χ4n) is 2.71. The second kappa shape index (κ2) is 6.80. The molecule has 1 aromatic heterocycles. The van der Waals surface area contributed by atoms with Gasteiger partial charge in [-0.1, -0.05) is 30.3 Å². The number of anilines is 1. The number of rotatable bonds is 4. The SMILES string of the molecule is O=C(Cc1ccccc1F)Nc1ccc(-c2nc3ccccc3o2)cc1. The highest BCUT2D eigenvalue weighted by Crippen LogP contribution is 2.25. The monoisotopic (exact) mass is 346 g/mol. The minimum absolute atomic E-state index is 0.0143. The predicted octanol–water partition coefficient (Wildman–Crippen LogP) is 4.82. The first-order chi connectivity index (χ1) is 12.7. The zero-order valence-corrected chi connectivity index (χ0v) is 13.8. The van der Waals surface area contributed by atoms with Crippen LogP contribution in [0.3, 0.4) is 0 Å². The van der Waals surface area contributed by atoms with E-state index in [4.69, 9.17) is 4.42 Å². The van der Waals surface area contributed by atoms with Crippen molar-refractivity contribution >= 4 is 22.7 Å². The molecule has 0 aliphatic rings. The molecular formula is C21H15FN2O2. The number of hydrogen-bond donors (Lipinski definition) is 1. The first-order valence-corrected chi connectivity index (χ1v) is 8.18. The highest BCUT2D eigenvalue weighted by Gasteiger charge is 2.10. The van der Waals surface area contributed by atoms with E-state index in [0.717, 1.165) is 16.7 Å². The minimum Gasteiger partial charge on any atom is -0.436 e. The van der Waals surface area contributed by atoms with Crippen molar-refractivity contribution < 1.29 is 13.6 Å². The van der Waals surface area contributed by atoms with Gasteiger partial charge in [0.15, 0.2) is 5.58 Å². The summed E-state index contributed by atoms with van der Waals surface area (Å²) in [6, 6.07) is 21.0. The molecule has 0 spiro atoms. The summed E-state index contributed by atoms with van der Waals surface area (Å²) in [4.78, 5) is 16.5. The molecule has 1 N–H and O–H groups in total. The van der Waals surface area contributed by atoms with Gasteiger partial charge in [-0.05, 0) is 48.0 Å². The van der Waals surface area contributed by atoms with Crippen LogP contribution in [0.15, 0.2) is 77.2 Å². The van der Waals surface area contributed by atoms with Crippen LogP contribution in [0.25, 0.3) is 22.6 Å². The first kappa shape index (κ1) is 16.0. The average molecular weight is 346 g/mol. The number of para-hydroxylation sites is 2. The molecule has 0 radical (unpaired) electrons. The highest BCUT2D eigenvalue weighted by molar-refractivity contribution is 5.92. The van der Waals surface area contributed by atoms with Crippen LogP contribution in [0.4, 0.5) is 10.1 Å². The third kappa shape index (κ3) is 3.32. The van der Waals surface area contributed by atoms with Crippen molar-refractivity contribution in [2.75, 3.05) is 5.32 Å². The zero-order chi connectivity index (χ0) is 17.9. The van der Waals surface area contributed by atoms with Crippen LogP contribution in [-0.2, 0) is 11.2 Å². The van der Waals surface area contributed by atoms with Crippen LogP contribution >= 0.6 is 0 Å². The van der Waals surface area contributed by atoms with E-state index in [1.165, 1.54) is 6.07 Å². The van der Waals surface area contributed by atoms with E-state index < -0.39 is 0 Å². The standard InChI is InChI=1S/C21H15FN2O2/c22-17-6-2-1-5-15(17)13-20(25)23-16-11-9-14(10-12-16)21-24-18-7-3-4-8-19(18)26-21/h1-12H,13H2,(H,23,25). The maximum atomic E-state index is 13.6. The van der Waals surface area contributed by atoms with Crippen LogP contribution in [0.2, 0.25) is 0 Å². The molecule has 0 unspecified atom stereocenters. The van der Waals surface area contributed by atoms with Crippen molar-refractivity contribution in [2.45, 2.75) is 6.42 Å². The maximum Gasteiger partial charge on any atom is 0.228 e. The van der Waals surface area contributed by atoms with Gasteiger partial charge >= 0.3 is 0 Å². The van der Waals surface area contributed by atoms with Gasteiger partial charge in [-0.25, -0.2) is 9.37 Å². The quantitative estimate of drug-likeness (QED) is 0.577. The van der Waals surface area contributed by atoms with Gasteiger partial charge in [-0.2, -0.15) is 0 Å². The van der Waals surface area contributed by atoms with Gasteiger partial charge in [0.1, 0.15) is 11.3 Å². The lowest BCUT2D eigenvalue weighted by atomic mass is 10.1. The molecule has 1 heterocycles. The van der Waals surface area contributed by atoms with E-state index in [0.29, 0.717) is 17.1 Å². The molecule has 5 heteroatoms. The molecule has 1 amide bonds. The first-order valence-electron chi connectivity index (χ1n) is 8.18. The van der Waals surface area contributed by atoms with Gasteiger partial charge in [-0.15, -0.1) is 0 Å². The fraction of sp³-hybridized carbons (Fsp3) is 0.0476. The summed E-state index contributed by atoms with van der Waals surface area (Å²) in [5.74, 6) is -0.130. The van der Waals surface area contributed by atoms with Crippen molar-refractivity contribution in [3.05, 3.63) is 84.2 Å². The van der Waals surface area contributed by atoms with E-state index in [1.807, 2.05) is 36.4 Å². The summed E-state index contributed by atoms with van der Waals surface area (Å²) in [6.07, 6.45) is -0.0143. The van der Waals surface area contributed by atoms with E-state index in [1.54, 1.807) is 30.3 Å². The van der Waals surface area contributed by atoms with Crippen LogP contribution < -0.4 is 5.32 Å². The molecule has 0 aliphatic carbocycles. The number of carbonyl (C=O) groups excluding carboxylic acids is 1. The number of fused-ring (bicyclic) bond motifs is 1. The summed E-state index contributed by atoms with van der Waals surface area (Å²) >= 11 is 0. The van der Waals surface area contributed by atoms with Gasteiger partial charge in [0.2, 0.25) is 11.8 Å². The molecule has 0 aliphatic heterocycles. The van der Waals surface area contributed by atoms with Crippen LogP contribution in [0, 0.1) is 5.82 Å². The number of aromatic nitrogens is 1. The van der Waals surface area contributed by atoms with Crippen molar-refractivity contribution in [3.63, 3.8) is 0 Å². The Morgan fingerprint density at radius 2 is 1.69 bits per heavy atom. The summed E-state index contributed by atoms with van der Waals surface area (Å²) in [7, 11) is 0. The Kier molecular flexibility index (Phi) is 4.19. The highest BCUT2D eigenvalue weighted by atomic mass is 19.1. The molecular weight excluding hydrogens is 331 g/mol. The number of hydrogen-bond acceptors (Lipinski definition) is 3. The number of halogens is 1. The minimum atomic E-state index is -0.381. The van der Waals surface area contributed by atoms with Crippen LogP contribution in [0.5, 0.6) is 0 Å². The average Bonchev–Trinajstić information content (AvgIpc) is 3.08. The Morgan fingerprint density at radius 3 is 2.46 bits per heavy atom. The molecule has 0 bridgehead atoms. The molecule has 26 heavy (non-hydrogen) atoms. The number of nitrogens with zero attached hydrogens (tertiary/aromatic N) is 1. The molecule has 0 saturated carbocycles. The van der Waals surface area contributed by atoms with E-state index in [-0.39, 0.29) is 18.1 Å². The fourth-order valence-corrected chi connectivity index (χ4v) is 2.71. The number of benzene rings is 3. The number of carbonyl (C=O) groups is 1. The summed E-state index contributed by atoms with van der Waals surface area (Å²) in [5, 5.41) is 2.77. The van der Waals surface area contributed by atoms with Crippen molar-refractivity contribution in [3.8, 4) is 11.5 Å². The van der Waals surface area contributed by atoms with Gasteiger partial charge in [-0.3, -0.25) is 4.79 Å². The molecule has 4 rings (SSSR count). The molecule has 4 nitrogen and oxygen atoms in total. The Labute approximate surface area is 149 Å². The van der Waals surface area contributed by atoms with E-state index >= 15 is 0 Å². The van der Waals surface area contributed by atoms with Crippen LogP contribution in [-0.4, -0.2) is 10.9 Å². The van der Waals surface area contributed by atoms with Gasteiger partial charge in [0.25, 0.3) is 0 Å². The van der Waals surface area contributed by atoms with Crippen LogP contribution in [0.1, 0.15) is 5.56 Å². The van der Waals surface area contributed by atoms with Gasteiger partial charge in [0, 0.05) is 11.3 Å². The Balaban J connectivity index is 1.47. The Morgan fingerprint density at radius 1 is 0.962 bits per heavy atom. The van der Waals surface area contributed by atoms with Gasteiger partial charge in [0.05, 0.1) is 6.42 Å². The molecule has 0 fully saturated rings. The van der Waals surface area contributed by atoms with Crippen molar-refractivity contribution in [1.29, 1.82) is 0 Å². The topological polar surface area (TPSA) is 55.1 Å². The molecule has 0 saturated heterocycles. The van der Waals surface area contributed by atoms with Gasteiger partial charge < -0.3 is 9.73 Å². The number of oxazole rings is 1. The largest absolute Gasteiger partial charge is 0.436 e. The zero-order valence-electron chi connectivity index (χ0n) is 13.8. The van der Waals surface area contributed by atoms with Crippen molar-refractivity contribution in [1.82, 2.24) is 4.98 Å². The lowest BCUT2D eigenvalue weighted by molar-refractivity contribution is -0.115. The summed E-state index contributed by atoms with van der Waals surface area (Å²) in [6.45, 7) is 0. The lowest BCUT2D eigenvalue weighted by Gasteiger charge is -2.06. The van der Waals surface area contributed by atoms with E-state index in [9.17, 15) is 9.18 Å².